The van der Waals surface area contributed by atoms with Gasteiger partial charge < -0.3 is 14.5 Å². The summed E-state index contributed by atoms with van der Waals surface area (Å²) in [5.41, 5.74) is 1.44. The normalized spacial score (nSPS) is 19.5. The molecule has 1 aliphatic rings. The van der Waals surface area contributed by atoms with E-state index in [1.807, 2.05) is 0 Å². The fourth-order valence-electron chi connectivity index (χ4n) is 3.42. The number of ketones is 1. The van der Waals surface area contributed by atoms with Gasteiger partial charge in [0, 0.05) is 25.5 Å². The number of hydrogen-bond acceptors (Lipinski definition) is 7. The van der Waals surface area contributed by atoms with E-state index in [1.165, 1.54) is 17.0 Å². The number of nitrogens with zero attached hydrogens (tertiary/aromatic N) is 2. The van der Waals surface area contributed by atoms with E-state index in [9.17, 15) is 23.1 Å². The smallest absolute Gasteiger partial charge is 0.238 e. The second-order valence-corrected chi connectivity index (χ2v) is 8.78. The van der Waals surface area contributed by atoms with Crippen LogP contribution in [0.15, 0.2) is 39.8 Å². The number of aliphatic hydroxyl groups excluding tert-OH is 1. The Morgan fingerprint density at radius 2 is 2.00 bits per heavy atom. The van der Waals surface area contributed by atoms with E-state index in [2.05, 4.69) is 5.16 Å². The van der Waals surface area contributed by atoms with Crippen LogP contribution in [-0.4, -0.2) is 54.0 Å². The van der Waals surface area contributed by atoms with Gasteiger partial charge in [-0.15, -0.1) is 0 Å². The minimum absolute atomic E-state index is 0.00548. The predicted octanol–water partition coefficient (Wildman–Crippen LogP) is 0.337. The molecule has 0 saturated carbocycles. The molecule has 1 aliphatic heterocycles. The monoisotopic (exact) mass is 421 g/mol. The zero-order valence-corrected chi connectivity index (χ0v) is 16.8. The number of β-amino-alcohol motifs (C(OH)–C–C–N with tert-alkyl or cyclic N) is 1. The summed E-state index contributed by atoms with van der Waals surface area (Å²) in [6.45, 7) is 1.85. The Balaban J connectivity index is 1.61. The van der Waals surface area contributed by atoms with Crippen molar-refractivity contribution in [2.24, 2.45) is 5.14 Å². The summed E-state index contributed by atoms with van der Waals surface area (Å²) in [7, 11) is -3.76. The summed E-state index contributed by atoms with van der Waals surface area (Å²) >= 11 is 0. The van der Waals surface area contributed by atoms with Crippen LogP contribution in [0.4, 0.5) is 0 Å². The number of Topliss-reactive ketones (excluding diaryl/α,β-unsaturated/α-hetero) is 1. The summed E-state index contributed by atoms with van der Waals surface area (Å²) in [6, 6.07) is 6.96. The number of benzene rings is 1. The quantitative estimate of drug-likeness (QED) is 0.656. The van der Waals surface area contributed by atoms with Gasteiger partial charge in [-0.25, -0.2) is 13.6 Å². The predicted molar refractivity (Wildman–Crippen MR) is 102 cm³/mol. The molecule has 1 amide bonds. The molecular weight excluding hydrogens is 398 g/mol. The van der Waals surface area contributed by atoms with Gasteiger partial charge in [0.1, 0.15) is 5.76 Å². The standard InChI is InChI=1S/C19H23N3O6S/c1-12-8-15(28-21-12)10-19(25)22-11-14(23)9-17(22)18(24)7-4-13-2-5-16(6-3-13)29(20,26)27/h2-3,5-6,8,14,17,23H,4,7,9-11H2,1H3,(H2,20,26,27)/t14-,17+/m1/s1. The number of aryl methyl sites for hydroxylation is 2. The number of aromatic nitrogens is 1. The van der Waals surface area contributed by atoms with Gasteiger partial charge in [0.25, 0.3) is 0 Å². The molecule has 0 radical (unpaired) electrons. The fraction of sp³-hybridized carbons (Fsp3) is 0.421. The van der Waals surface area contributed by atoms with E-state index in [0.29, 0.717) is 17.9 Å². The third-order valence-electron chi connectivity index (χ3n) is 4.89. The van der Waals surface area contributed by atoms with Gasteiger partial charge in [-0.1, -0.05) is 17.3 Å². The number of amides is 1. The minimum Gasteiger partial charge on any atom is -0.391 e. The van der Waals surface area contributed by atoms with Gasteiger partial charge in [-0.05, 0) is 31.0 Å². The average Bonchev–Trinajstić information content (AvgIpc) is 3.24. The number of primary sulfonamides is 1. The van der Waals surface area contributed by atoms with Crippen molar-refractivity contribution < 1.29 is 27.6 Å². The number of rotatable bonds is 7. The Kier molecular flexibility index (Phi) is 6.15. The van der Waals surface area contributed by atoms with Gasteiger partial charge in [0.05, 0.1) is 29.2 Å². The lowest BCUT2D eigenvalue weighted by molar-refractivity contribution is -0.137. The molecule has 1 aromatic heterocycles. The molecule has 0 spiro atoms. The molecule has 1 aromatic carbocycles. The lowest BCUT2D eigenvalue weighted by atomic mass is 10.0. The van der Waals surface area contributed by atoms with E-state index in [1.54, 1.807) is 25.1 Å². The van der Waals surface area contributed by atoms with Gasteiger partial charge in [0.15, 0.2) is 5.78 Å². The van der Waals surface area contributed by atoms with Gasteiger partial charge >= 0.3 is 0 Å². The molecular formula is C19H23N3O6S. The molecule has 2 aromatic rings. The van der Waals surface area contributed by atoms with Crippen LogP contribution < -0.4 is 5.14 Å². The van der Waals surface area contributed by atoms with Crippen LogP contribution >= 0.6 is 0 Å². The Bertz CT molecular complexity index is 999. The highest BCUT2D eigenvalue weighted by molar-refractivity contribution is 7.89. The van der Waals surface area contributed by atoms with Crippen molar-refractivity contribution in [2.45, 2.75) is 49.6 Å². The molecule has 9 nitrogen and oxygen atoms in total. The Morgan fingerprint density at radius 1 is 1.31 bits per heavy atom. The first kappa shape index (κ1) is 21.2. The van der Waals surface area contributed by atoms with Crippen molar-refractivity contribution in [3.05, 3.63) is 47.3 Å². The van der Waals surface area contributed by atoms with Crippen LogP contribution in [0.1, 0.15) is 29.9 Å². The van der Waals surface area contributed by atoms with Crippen LogP contribution in [0.3, 0.4) is 0 Å². The van der Waals surface area contributed by atoms with E-state index >= 15 is 0 Å². The summed E-state index contributed by atoms with van der Waals surface area (Å²) in [6.07, 6.45) is -0.0216. The van der Waals surface area contributed by atoms with E-state index in [0.717, 1.165) is 5.56 Å². The fourth-order valence-corrected chi connectivity index (χ4v) is 3.94. The number of carbonyl (C=O) groups is 2. The van der Waals surface area contributed by atoms with Gasteiger partial charge in [-0.3, -0.25) is 9.59 Å². The molecule has 156 valence electrons. The zero-order valence-electron chi connectivity index (χ0n) is 15.9. The van der Waals surface area contributed by atoms with E-state index in [4.69, 9.17) is 9.66 Å². The summed E-state index contributed by atoms with van der Waals surface area (Å²) in [5, 5.41) is 18.8. The highest BCUT2D eigenvalue weighted by Crippen LogP contribution is 2.22. The second-order valence-electron chi connectivity index (χ2n) is 7.22. The molecule has 1 saturated heterocycles. The third-order valence-corrected chi connectivity index (χ3v) is 5.81. The second kappa shape index (κ2) is 8.44. The largest absolute Gasteiger partial charge is 0.391 e. The lowest BCUT2D eigenvalue weighted by Crippen LogP contribution is -2.41. The third kappa shape index (κ3) is 5.28. The highest BCUT2D eigenvalue weighted by Gasteiger charge is 2.38. The van der Waals surface area contributed by atoms with Crippen LogP contribution in [0, 0.1) is 6.92 Å². The molecule has 0 unspecified atom stereocenters. The van der Waals surface area contributed by atoms with Crippen LogP contribution in [0.5, 0.6) is 0 Å². The van der Waals surface area contributed by atoms with E-state index in [-0.39, 0.29) is 42.4 Å². The number of likely N-dealkylation sites (tertiary alicyclic amines) is 1. The number of hydrogen-bond donors (Lipinski definition) is 2. The topological polar surface area (TPSA) is 144 Å². The van der Waals surface area contributed by atoms with Crippen LogP contribution in [0.2, 0.25) is 0 Å². The number of carbonyl (C=O) groups excluding carboxylic acids is 2. The number of nitrogens with two attached hydrogens (primary N) is 1. The Morgan fingerprint density at radius 3 is 2.59 bits per heavy atom. The van der Waals surface area contributed by atoms with Crippen molar-refractivity contribution in [1.82, 2.24) is 10.1 Å². The lowest BCUT2D eigenvalue weighted by Gasteiger charge is -2.23. The van der Waals surface area contributed by atoms with Gasteiger partial charge in [-0.2, -0.15) is 0 Å². The highest BCUT2D eigenvalue weighted by atomic mass is 32.2. The van der Waals surface area contributed by atoms with Crippen LogP contribution in [0.25, 0.3) is 0 Å². The van der Waals surface area contributed by atoms with E-state index < -0.39 is 22.2 Å². The van der Waals surface area contributed by atoms with Crippen molar-refractivity contribution in [2.75, 3.05) is 6.54 Å². The van der Waals surface area contributed by atoms with Crippen molar-refractivity contribution >= 4 is 21.7 Å². The maximum atomic E-state index is 12.7. The Labute approximate surface area is 168 Å². The maximum Gasteiger partial charge on any atom is 0.238 e. The molecule has 0 bridgehead atoms. The summed E-state index contributed by atoms with van der Waals surface area (Å²) < 4.78 is 27.7. The molecule has 29 heavy (non-hydrogen) atoms. The molecule has 3 rings (SSSR count). The average molecular weight is 421 g/mol. The first-order valence-corrected chi connectivity index (χ1v) is 10.7. The molecule has 2 atom stereocenters. The Hall–Kier alpha value is -2.56. The van der Waals surface area contributed by atoms with Crippen molar-refractivity contribution in [1.29, 1.82) is 0 Å². The van der Waals surface area contributed by atoms with Crippen molar-refractivity contribution in [3.63, 3.8) is 0 Å². The maximum absolute atomic E-state index is 12.7. The molecule has 3 N–H and O–H groups in total. The molecule has 10 heteroatoms. The van der Waals surface area contributed by atoms with Crippen LogP contribution in [-0.2, 0) is 32.5 Å². The molecule has 1 fully saturated rings. The van der Waals surface area contributed by atoms with Crippen molar-refractivity contribution in [3.8, 4) is 0 Å². The SMILES string of the molecule is Cc1cc(CC(=O)N2C[C@H](O)C[C@H]2C(=O)CCc2ccc(S(N)(=O)=O)cc2)on1. The summed E-state index contributed by atoms with van der Waals surface area (Å²) in [4.78, 5) is 26.7. The first-order chi connectivity index (χ1) is 13.6. The molecule has 2 heterocycles. The van der Waals surface area contributed by atoms with Gasteiger partial charge in [0.2, 0.25) is 15.9 Å². The summed E-state index contributed by atoms with van der Waals surface area (Å²) in [5.74, 6) is -0.0391. The molecule has 0 aliphatic carbocycles. The zero-order chi connectivity index (χ0) is 21.2. The number of sulfonamides is 1. The number of aliphatic hydroxyl groups is 1. The first-order valence-electron chi connectivity index (χ1n) is 9.17. The minimum atomic E-state index is -3.76.